The third-order valence-electron chi connectivity index (χ3n) is 4.49. The molecule has 0 aliphatic carbocycles. The minimum atomic E-state index is -0.0745. The second-order valence-corrected chi connectivity index (χ2v) is 7.84. The average Bonchev–Trinajstić information content (AvgIpc) is 2.65. The Hall–Kier alpha value is -2.50. The van der Waals surface area contributed by atoms with Crippen molar-refractivity contribution in [3.63, 3.8) is 0 Å². The van der Waals surface area contributed by atoms with E-state index in [1.165, 1.54) is 0 Å². The zero-order valence-corrected chi connectivity index (χ0v) is 16.9. The molecule has 2 rings (SSSR count). The quantitative estimate of drug-likeness (QED) is 0.805. The number of nitrogens with one attached hydrogen (secondary N) is 1. The van der Waals surface area contributed by atoms with E-state index in [-0.39, 0.29) is 23.3 Å². The number of hydrogen-bond donors (Lipinski definition) is 1. The predicted octanol–water partition coefficient (Wildman–Crippen LogP) is 3.03. The summed E-state index contributed by atoms with van der Waals surface area (Å²) in [5, 5.41) is 3.02. The van der Waals surface area contributed by atoms with Crippen molar-refractivity contribution in [2.45, 2.75) is 39.7 Å². The lowest BCUT2D eigenvalue weighted by atomic mass is 9.96. The van der Waals surface area contributed by atoms with Gasteiger partial charge in [-0.15, -0.1) is 0 Å². The van der Waals surface area contributed by atoms with Crippen LogP contribution < -0.4 is 14.8 Å². The molecule has 1 fully saturated rings. The lowest BCUT2D eigenvalue weighted by Crippen LogP contribution is -2.46. The van der Waals surface area contributed by atoms with Gasteiger partial charge in [-0.1, -0.05) is 26.8 Å². The molecule has 1 aliphatic rings. The molecular weight excluding hydrogens is 344 g/mol. The van der Waals surface area contributed by atoms with Gasteiger partial charge in [0.1, 0.15) is 0 Å². The minimum Gasteiger partial charge on any atom is -0.493 e. The van der Waals surface area contributed by atoms with Gasteiger partial charge >= 0.3 is 0 Å². The van der Waals surface area contributed by atoms with Crippen molar-refractivity contribution < 1.29 is 19.1 Å². The Morgan fingerprint density at radius 1 is 1.11 bits per heavy atom. The maximum absolute atomic E-state index is 12.7. The highest BCUT2D eigenvalue weighted by Gasteiger charge is 2.25. The molecule has 2 amide bonds. The van der Waals surface area contributed by atoms with E-state index in [1.54, 1.807) is 38.5 Å². The van der Waals surface area contributed by atoms with Crippen LogP contribution >= 0.6 is 0 Å². The third-order valence-corrected chi connectivity index (χ3v) is 4.49. The Balaban J connectivity index is 1.91. The highest BCUT2D eigenvalue weighted by Crippen LogP contribution is 2.28. The first kappa shape index (κ1) is 20.8. The highest BCUT2D eigenvalue weighted by atomic mass is 16.5. The van der Waals surface area contributed by atoms with Crippen LogP contribution in [0.4, 0.5) is 0 Å². The van der Waals surface area contributed by atoms with Gasteiger partial charge in [0, 0.05) is 24.7 Å². The van der Waals surface area contributed by atoms with E-state index in [1.807, 2.05) is 11.0 Å². The normalized spacial score (nSPS) is 15.7. The predicted molar refractivity (Wildman–Crippen MR) is 105 cm³/mol. The summed E-state index contributed by atoms with van der Waals surface area (Å²) in [7, 11) is 3.11. The van der Waals surface area contributed by atoms with Gasteiger partial charge < -0.3 is 19.7 Å². The van der Waals surface area contributed by atoms with Gasteiger partial charge in [-0.25, -0.2) is 0 Å². The van der Waals surface area contributed by atoms with E-state index in [0.717, 1.165) is 12.8 Å². The summed E-state index contributed by atoms with van der Waals surface area (Å²) >= 11 is 0. The van der Waals surface area contributed by atoms with Gasteiger partial charge in [0.15, 0.2) is 11.5 Å². The van der Waals surface area contributed by atoms with Crippen molar-refractivity contribution in [3.05, 3.63) is 35.9 Å². The molecule has 0 saturated carbocycles. The van der Waals surface area contributed by atoms with Crippen LogP contribution in [0.5, 0.6) is 11.5 Å². The third kappa shape index (κ3) is 6.01. The number of allylic oxidation sites excluding steroid dienone is 1. The fraction of sp³-hybridized carbons (Fsp3) is 0.524. The van der Waals surface area contributed by atoms with Gasteiger partial charge in [0.05, 0.1) is 14.2 Å². The van der Waals surface area contributed by atoms with Crippen LogP contribution in [0.25, 0.3) is 0 Å². The summed E-state index contributed by atoms with van der Waals surface area (Å²) in [6.45, 7) is 7.38. The molecular formula is C21H30N2O4. The summed E-state index contributed by atoms with van der Waals surface area (Å²) < 4.78 is 10.5. The molecule has 1 N–H and O–H groups in total. The fourth-order valence-corrected chi connectivity index (χ4v) is 2.95. The summed E-state index contributed by atoms with van der Waals surface area (Å²) in [6, 6.07) is 5.28. The molecule has 1 saturated heterocycles. The molecule has 148 valence electrons. The number of hydrogen-bond acceptors (Lipinski definition) is 4. The van der Waals surface area contributed by atoms with Gasteiger partial charge in [-0.05, 0) is 42.5 Å². The Kier molecular flexibility index (Phi) is 6.88. The first-order valence-corrected chi connectivity index (χ1v) is 9.24. The molecule has 27 heavy (non-hydrogen) atoms. The van der Waals surface area contributed by atoms with Crippen LogP contribution in [-0.4, -0.2) is 50.1 Å². The molecule has 1 aliphatic heterocycles. The fourth-order valence-electron chi connectivity index (χ4n) is 2.95. The molecule has 0 atom stereocenters. The number of amides is 2. The molecule has 0 bridgehead atoms. The number of benzene rings is 1. The van der Waals surface area contributed by atoms with Gasteiger partial charge in [-0.2, -0.15) is 0 Å². The number of carbonyl (C=O) groups is 2. The maximum atomic E-state index is 12.7. The number of nitrogens with zero attached hydrogens (tertiary/aromatic N) is 1. The van der Waals surface area contributed by atoms with E-state index >= 15 is 0 Å². The van der Waals surface area contributed by atoms with E-state index in [0.29, 0.717) is 30.2 Å². The Labute approximate surface area is 161 Å². The maximum Gasteiger partial charge on any atom is 0.253 e. The lowest BCUT2D eigenvalue weighted by Gasteiger charge is -2.32. The zero-order valence-electron chi connectivity index (χ0n) is 16.9. The zero-order chi connectivity index (χ0) is 20.0. The number of carbonyl (C=O) groups excluding carboxylic acids is 2. The number of rotatable bonds is 5. The number of methoxy groups -OCH3 is 2. The number of ether oxygens (including phenoxy) is 2. The van der Waals surface area contributed by atoms with Crippen molar-refractivity contribution >= 4 is 11.8 Å². The Bertz CT molecular complexity index is 699. The largest absolute Gasteiger partial charge is 0.493 e. The topological polar surface area (TPSA) is 67.9 Å². The van der Waals surface area contributed by atoms with Crippen LogP contribution in [0.1, 0.15) is 44.0 Å². The van der Waals surface area contributed by atoms with Crippen LogP contribution in [0, 0.1) is 5.41 Å². The van der Waals surface area contributed by atoms with Crippen LogP contribution in [0.2, 0.25) is 0 Å². The first-order valence-electron chi connectivity index (χ1n) is 9.24. The van der Waals surface area contributed by atoms with E-state index < -0.39 is 0 Å². The van der Waals surface area contributed by atoms with Crippen molar-refractivity contribution in [2.75, 3.05) is 27.3 Å². The van der Waals surface area contributed by atoms with Gasteiger partial charge in [0.2, 0.25) is 5.91 Å². The molecule has 0 unspecified atom stereocenters. The van der Waals surface area contributed by atoms with Crippen LogP contribution in [0.15, 0.2) is 30.4 Å². The summed E-state index contributed by atoms with van der Waals surface area (Å²) in [5.74, 6) is 1.03. The molecule has 0 radical (unpaired) electrons. The lowest BCUT2D eigenvalue weighted by molar-refractivity contribution is -0.117. The second kappa shape index (κ2) is 8.93. The van der Waals surface area contributed by atoms with Crippen molar-refractivity contribution in [1.29, 1.82) is 0 Å². The van der Waals surface area contributed by atoms with E-state index in [9.17, 15) is 9.59 Å². The molecule has 6 nitrogen and oxygen atoms in total. The van der Waals surface area contributed by atoms with Crippen molar-refractivity contribution in [1.82, 2.24) is 10.2 Å². The molecule has 1 heterocycles. The number of piperidine rings is 1. The number of likely N-dealkylation sites (tertiary alicyclic amines) is 1. The summed E-state index contributed by atoms with van der Waals surface area (Å²) in [6.07, 6.45) is 4.99. The van der Waals surface area contributed by atoms with Crippen LogP contribution in [0.3, 0.4) is 0 Å². The standard InChI is InChI=1S/C21H30N2O4/c1-21(2,3)11-8-19(24)22-16-9-12-23(13-10-16)20(25)15-6-7-17(26-4)18(14-15)27-5/h6-8,11,14,16H,9-10,12-13H2,1-5H3,(H,22,24)/b11-8+. The van der Waals surface area contributed by atoms with E-state index in [2.05, 4.69) is 26.1 Å². The summed E-state index contributed by atoms with van der Waals surface area (Å²) in [5.41, 5.74) is 0.551. The molecule has 6 heteroatoms. The average molecular weight is 374 g/mol. The van der Waals surface area contributed by atoms with Gasteiger partial charge in [-0.3, -0.25) is 9.59 Å². The summed E-state index contributed by atoms with van der Waals surface area (Å²) in [4.78, 5) is 26.6. The smallest absolute Gasteiger partial charge is 0.253 e. The molecule has 1 aromatic carbocycles. The van der Waals surface area contributed by atoms with Gasteiger partial charge in [0.25, 0.3) is 5.91 Å². The molecule has 0 aromatic heterocycles. The Morgan fingerprint density at radius 2 is 1.74 bits per heavy atom. The van der Waals surface area contributed by atoms with E-state index in [4.69, 9.17) is 9.47 Å². The first-order chi connectivity index (χ1) is 12.7. The Morgan fingerprint density at radius 3 is 2.30 bits per heavy atom. The monoisotopic (exact) mass is 374 g/mol. The second-order valence-electron chi connectivity index (χ2n) is 7.84. The van der Waals surface area contributed by atoms with Crippen LogP contribution in [-0.2, 0) is 4.79 Å². The molecule has 0 spiro atoms. The molecule has 1 aromatic rings. The van der Waals surface area contributed by atoms with Crippen molar-refractivity contribution in [3.8, 4) is 11.5 Å². The van der Waals surface area contributed by atoms with Crippen molar-refractivity contribution in [2.24, 2.45) is 5.41 Å². The highest BCUT2D eigenvalue weighted by molar-refractivity contribution is 5.95. The minimum absolute atomic E-state index is 0.0213. The SMILES string of the molecule is COc1ccc(C(=O)N2CCC(NC(=O)/C=C/C(C)(C)C)CC2)cc1OC.